The molecule has 2 nitrogen and oxygen atoms in total. The number of nitrogens with one attached hydrogen (secondary N) is 1. The van der Waals surface area contributed by atoms with Crippen molar-refractivity contribution in [3.8, 4) is 6.07 Å². The molecule has 2 aromatic carbocycles. The molecule has 0 saturated carbocycles. The highest BCUT2D eigenvalue weighted by atomic mass is 35.5. The molecule has 0 aliphatic heterocycles. The molecule has 90 valence electrons. The third kappa shape index (κ3) is 2.73. The van der Waals surface area contributed by atoms with Crippen LogP contribution in [0, 0.1) is 17.1 Å². The second-order valence-electron chi connectivity index (χ2n) is 3.56. The van der Waals surface area contributed by atoms with Gasteiger partial charge in [0.25, 0.3) is 0 Å². The fraction of sp³-hybridized carbons (Fsp3) is 0. The minimum Gasteiger partial charge on any atom is -0.353 e. The SMILES string of the molecule is N#Cc1ccc(Nc2ccc(Cl)c(Cl)c2)c(F)c1. The zero-order chi connectivity index (χ0) is 13.1. The average molecular weight is 281 g/mol. The normalized spacial score (nSPS) is 9.89. The topological polar surface area (TPSA) is 35.8 Å². The molecule has 1 N–H and O–H groups in total. The van der Waals surface area contributed by atoms with Gasteiger partial charge in [0.05, 0.1) is 27.4 Å². The molecular formula is C13H7Cl2FN2. The van der Waals surface area contributed by atoms with Crippen LogP contribution in [-0.4, -0.2) is 0 Å². The van der Waals surface area contributed by atoms with Gasteiger partial charge in [-0.15, -0.1) is 0 Å². The van der Waals surface area contributed by atoms with Crippen molar-refractivity contribution in [2.75, 3.05) is 5.32 Å². The molecule has 0 bridgehead atoms. The molecule has 2 rings (SSSR count). The summed E-state index contributed by atoms with van der Waals surface area (Å²) < 4.78 is 13.6. The van der Waals surface area contributed by atoms with E-state index in [1.807, 2.05) is 6.07 Å². The Balaban J connectivity index is 2.29. The van der Waals surface area contributed by atoms with Gasteiger partial charge in [0, 0.05) is 5.69 Å². The molecule has 0 atom stereocenters. The molecule has 18 heavy (non-hydrogen) atoms. The highest BCUT2D eigenvalue weighted by Crippen LogP contribution is 2.27. The maximum atomic E-state index is 13.6. The number of nitrogens with zero attached hydrogens (tertiary/aromatic N) is 1. The molecule has 0 aromatic heterocycles. The summed E-state index contributed by atoms with van der Waals surface area (Å²) in [7, 11) is 0. The predicted octanol–water partition coefficient (Wildman–Crippen LogP) is 4.75. The van der Waals surface area contributed by atoms with E-state index in [0.29, 0.717) is 15.7 Å². The molecule has 0 saturated heterocycles. The lowest BCUT2D eigenvalue weighted by atomic mass is 10.2. The van der Waals surface area contributed by atoms with Gasteiger partial charge in [-0.3, -0.25) is 0 Å². The molecule has 0 radical (unpaired) electrons. The molecule has 2 aromatic rings. The molecular weight excluding hydrogens is 274 g/mol. The van der Waals surface area contributed by atoms with E-state index in [0.717, 1.165) is 0 Å². The van der Waals surface area contributed by atoms with Crippen LogP contribution < -0.4 is 5.32 Å². The van der Waals surface area contributed by atoms with E-state index in [-0.39, 0.29) is 11.3 Å². The average Bonchev–Trinajstić information content (AvgIpc) is 2.36. The van der Waals surface area contributed by atoms with Gasteiger partial charge in [-0.25, -0.2) is 4.39 Å². The predicted molar refractivity (Wildman–Crippen MR) is 70.9 cm³/mol. The lowest BCUT2D eigenvalue weighted by molar-refractivity contribution is 0.631. The molecule has 0 aliphatic carbocycles. The Hall–Kier alpha value is -1.76. The van der Waals surface area contributed by atoms with Crippen molar-refractivity contribution in [2.45, 2.75) is 0 Å². The maximum Gasteiger partial charge on any atom is 0.147 e. The quantitative estimate of drug-likeness (QED) is 0.862. The van der Waals surface area contributed by atoms with Gasteiger partial charge >= 0.3 is 0 Å². The van der Waals surface area contributed by atoms with E-state index < -0.39 is 5.82 Å². The first-order valence-electron chi connectivity index (χ1n) is 5.02. The summed E-state index contributed by atoms with van der Waals surface area (Å²) in [4.78, 5) is 0. The van der Waals surface area contributed by atoms with Crippen molar-refractivity contribution in [3.63, 3.8) is 0 Å². The van der Waals surface area contributed by atoms with E-state index in [9.17, 15) is 4.39 Å². The van der Waals surface area contributed by atoms with Gasteiger partial charge in [-0.2, -0.15) is 5.26 Å². The lowest BCUT2D eigenvalue weighted by Crippen LogP contribution is -1.94. The van der Waals surface area contributed by atoms with Gasteiger partial charge in [0.15, 0.2) is 0 Å². The second-order valence-corrected chi connectivity index (χ2v) is 4.37. The zero-order valence-electron chi connectivity index (χ0n) is 9.05. The zero-order valence-corrected chi connectivity index (χ0v) is 10.6. The molecule has 0 fully saturated rings. The fourth-order valence-corrected chi connectivity index (χ4v) is 1.71. The van der Waals surface area contributed by atoms with E-state index in [1.54, 1.807) is 18.2 Å². The van der Waals surface area contributed by atoms with Gasteiger partial charge in [-0.05, 0) is 36.4 Å². The van der Waals surface area contributed by atoms with Crippen LogP contribution in [0.5, 0.6) is 0 Å². The Kier molecular flexibility index (Phi) is 3.71. The molecule has 0 heterocycles. The van der Waals surface area contributed by atoms with Crippen molar-refractivity contribution < 1.29 is 4.39 Å². The first-order chi connectivity index (χ1) is 8.60. The Labute approximate surface area is 114 Å². The van der Waals surface area contributed by atoms with E-state index in [1.165, 1.54) is 18.2 Å². The molecule has 0 spiro atoms. The number of nitriles is 1. The van der Waals surface area contributed by atoms with Crippen LogP contribution >= 0.6 is 23.2 Å². The molecule has 0 unspecified atom stereocenters. The Morgan fingerprint density at radius 1 is 1.06 bits per heavy atom. The maximum absolute atomic E-state index is 13.6. The summed E-state index contributed by atoms with van der Waals surface area (Å²) in [5, 5.41) is 12.3. The molecule has 0 aliphatic rings. The van der Waals surface area contributed by atoms with Crippen LogP contribution in [-0.2, 0) is 0 Å². The minimum absolute atomic E-state index is 0.271. The van der Waals surface area contributed by atoms with Crippen molar-refractivity contribution in [3.05, 3.63) is 57.8 Å². The standard InChI is InChI=1S/C13H7Cl2FN2/c14-10-3-2-9(6-11(10)15)18-13-4-1-8(7-17)5-12(13)16/h1-6,18H. The van der Waals surface area contributed by atoms with Crippen LogP contribution in [0.25, 0.3) is 0 Å². The fourth-order valence-electron chi connectivity index (χ4n) is 1.42. The minimum atomic E-state index is -0.500. The molecule has 5 heteroatoms. The van der Waals surface area contributed by atoms with E-state index in [2.05, 4.69) is 5.32 Å². The van der Waals surface area contributed by atoms with Crippen molar-refractivity contribution in [2.24, 2.45) is 0 Å². The summed E-state index contributed by atoms with van der Waals surface area (Å²) in [5.74, 6) is -0.500. The smallest absolute Gasteiger partial charge is 0.147 e. The monoisotopic (exact) mass is 280 g/mol. The first-order valence-corrected chi connectivity index (χ1v) is 5.77. The van der Waals surface area contributed by atoms with E-state index >= 15 is 0 Å². The van der Waals surface area contributed by atoms with Gasteiger partial charge < -0.3 is 5.32 Å². The number of hydrogen-bond acceptors (Lipinski definition) is 2. The van der Waals surface area contributed by atoms with Gasteiger partial charge in [-0.1, -0.05) is 23.2 Å². The second kappa shape index (κ2) is 5.26. The van der Waals surface area contributed by atoms with Crippen LogP contribution in [0.15, 0.2) is 36.4 Å². The van der Waals surface area contributed by atoms with Gasteiger partial charge in [0.1, 0.15) is 5.82 Å². The Bertz CT molecular complexity index is 635. The third-order valence-electron chi connectivity index (χ3n) is 2.30. The number of benzene rings is 2. The van der Waals surface area contributed by atoms with Gasteiger partial charge in [0.2, 0.25) is 0 Å². The van der Waals surface area contributed by atoms with Crippen LogP contribution in [0.4, 0.5) is 15.8 Å². The summed E-state index contributed by atoms with van der Waals surface area (Å²) in [6, 6.07) is 11.0. The number of anilines is 2. The molecule has 0 amide bonds. The summed E-state index contributed by atoms with van der Waals surface area (Å²) >= 11 is 11.6. The Morgan fingerprint density at radius 2 is 1.83 bits per heavy atom. The van der Waals surface area contributed by atoms with Crippen molar-refractivity contribution in [1.29, 1.82) is 5.26 Å². The number of hydrogen-bond donors (Lipinski definition) is 1. The lowest BCUT2D eigenvalue weighted by Gasteiger charge is -2.08. The van der Waals surface area contributed by atoms with Crippen LogP contribution in [0.1, 0.15) is 5.56 Å². The van der Waals surface area contributed by atoms with Crippen LogP contribution in [0.3, 0.4) is 0 Å². The largest absolute Gasteiger partial charge is 0.353 e. The summed E-state index contributed by atoms with van der Waals surface area (Å²) in [6.07, 6.45) is 0. The van der Waals surface area contributed by atoms with Crippen molar-refractivity contribution in [1.82, 2.24) is 0 Å². The highest BCUT2D eigenvalue weighted by molar-refractivity contribution is 6.42. The first kappa shape index (κ1) is 12.7. The highest BCUT2D eigenvalue weighted by Gasteiger charge is 2.05. The van der Waals surface area contributed by atoms with Crippen LogP contribution in [0.2, 0.25) is 10.0 Å². The number of halogens is 3. The van der Waals surface area contributed by atoms with E-state index in [4.69, 9.17) is 28.5 Å². The summed E-state index contributed by atoms with van der Waals surface area (Å²) in [6.45, 7) is 0. The third-order valence-corrected chi connectivity index (χ3v) is 3.04. The number of rotatable bonds is 2. The summed E-state index contributed by atoms with van der Waals surface area (Å²) in [5.41, 5.74) is 1.16. The Morgan fingerprint density at radius 3 is 2.44 bits per heavy atom. The van der Waals surface area contributed by atoms with Crippen molar-refractivity contribution >= 4 is 34.6 Å².